The van der Waals surface area contributed by atoms with Crippen LogP contribution < -0.4 is 10.2 Å². The van der Waals surface area contributed by atoms with Crippen molar-refractivity contribution in [3.8, 4) is 16.9 Å². The lowest BCUT2D eigenvalue weighted by Crippen LogP contribution is -2.29. The van der Waals surface area contributed by atoms with Gasteiger partial charge in [0.15, 0.2) is 0 Å². The molecule has 3 nitrogen and oxygen atoms in total. The van der Waals surface area contributed by atoms with Crippen LogP contribution in [-0.2, 0) is 12.4 Å². The molecule has 0 aliphatic heterocycles. The molecule has 0 saturated heterocycles. The summed E-state index contributed by atoms with van der Waals surface area (Å²) in [5, 5.41) is 18.2. The van der Waals surface area contributed by atoms with Crippen LogP contribution in [0.2, 0.25) is 0 Å². The summed E-state index contributed by atoms with van der Waals surface area (Å²) in [5.41, 5.74) is -3.35. The van der Waals surface area contributed by atoms with E-state index in [2.05, 4.69) is 0 Å². The van der Waals surface area contributed by atoms with Gasteiger partial charge in [-0.3, -0.25) is 0 Å². The van der Waals surface area contributed by atoms with Gasteiger partial charge in [-0.1, -0.05) is 12.1 Å². The molecule has 0 aromatic heterocycles. The second-order valence-electron chi connectivity index (χ2n) is 5.13. The Morgan fingerprint density at radius 2 is 1.36 bits per heavy atom. The molecular weight excluding hydrogens is 353 g/mol. The fourth-order valence-corrected chi connectivity index (χ4v) is 2.22. The molecule has 134 valence electrons. The Hall–Kier alpha value is -2.20. The molecule has 0 aliphatic carbocycles. The molecule has 0 atom stereocenters. The predicted octanol–water partition coefficient (Wildman–Crippen LogP) is 3.08. The molecule has 0 fully saturated rings. The Bertz CT molecular complexity index is 739. The lowest BCUT2D eigenvalue weighted by molar-refractivity contribution is -0.143. The minimum absolute atomic E-state index is 0.0244. The van der Waals surface area contributed by atoms with E-state index in [0.29, 0.717) is 12.1 Å². The van der Waals surface area contributed by atoms with Crippen LogP contribution in [0.1, 0.15) is 11.1 Å². The molecule has 0 spiro atoms. The van der Waals surface area contributed by atoms with Crippen LogP contribution >= 0.6 is 0 Å². The van der Waals surface area contributed by atoms with Crippen LogP contribution in [0.5, 0.6) is 5.75 Å². The standard InChI is InChI=1S/C15H11BF6O3/c1-25-13-7-11(16(23)24)2-3-12(13)8-4-9(14(17,18)19)6-10(5-8)15(20,21)22/h2-7,23-24H,1H3. The third kappa shape index (κ3) is 4.26. The van der Waals surface area contributed by atoms with E-state index in [-0.39, 0.29) is 28.4 Å². The van der Waals surface area contributed by atoms with Gasteiger partial charge in [0.05, 0.1) is 18.2 Å². The molecule has 25 heavy (non-hydrogen) atoms. The van der Waals surface area contributed by atoms with E-state index >= 15 is 0 Å². The normalized spacial score (nSPS) is 12.2. The molecule has 0 aliphatic rings. The van der Waals surface area contributed by atoms with Crippen molar-refractivity contribution in [3.05, 3.63) is 47.5 Å². The minimum atomic E-state index is -4.97. The number of ether oxygens (including phenoxy) is 1. The van der Waals surface area contributed by atoms with Gasteiger partial charge in [0.25, 0.3) is 0 Å². The van der Waals surface area contributed by atoms with Gasteiger partial charge >= 0.3 is 19.5 Å². The Labute approximate surface area is 138 Å². The average molecular weight is 364 g/mol. The zero-order valence-corrected chi connectivity index (χ0v) is 12.6. The van der Waals surface area contributed by atoms with Gasteiger partial charge in [-0.15, -0.1) is 0 Å². The fraction of sp³-hybridized carbons (Fsp3) is 0.200. The van der Waals surface area contributed by atoms with E-state index in [4.69, 9.17) is 14.8 Å². The number of halogens is 6. The van der Waals surface area contributed by atoms with Crippen LogP contribution in [0.3, 0.4) is 0 Å². The van der Waals surface area contributed by atoms with Crippen LogP contribution in [0.4, 0.5) is 26.3 Å². The maximum atomic E-state index is 12.9. The summed E-state index contributed by atoms with van der Waals surface area (Å²) < 4.78 is 82.6. The first-order valence-corrected chi connectivity index (χ1v) is 6.77. The van der Waals surface area contributed by atoms with E-state index < -0.39 is 30.6 Å². The van der Waals surface area contributed by atoms with Crippen LogP contribution in [-0.4, -0.2) is 24.3 Å². The van der Waals surface area contributed by atoms with Crippen molar-refractivity contribution in [2.45, 2.75) is 12.4 Å². The van der Waals surface area contributed by atoms with Gasteiger partial charge in [0.1, 0.15) is 5.75 Å². The van der Waals surface area contributed by atoms with Gasteiger partial charge in [-0.2, -0.15) is 26.3 Å². The molecule has 0 heterocycles. The second-order valence-corrected chi connectivity index (χ2v) is 5.13. The monoisotopic (exact) mass is 364 g/mol. The molecule has 0 radical (unpaired) electrons. The van der Waals surface area contributed by atoms with Crippen molar-refractivity contribution in [1.82, 2.24) is 0 Å². The van der Waals surface area contributed by atoms with E-state index in [0.717, 1.165) is 25.3 Å². The SMILES string of the molecule is COc1cc(B(O)O)ccc1-c1cc(C(F)(F)F)cc(C(F)(F)F)c1. The van der Waals surface area contributed by atoms with Gasteiger partial charge in [-0.25, -0.2) is 0 Å². The quantitative estimate of drug-likeness (QED) is 0.650. The molecule has 0 bridgehead atoms. The van der Waals surface area contributed by atoms with Crippen molar-refractivity contribution in [2.75, 3.05) is 7.11 Å². The van der Waals surface area contributed by atoms with Gasteiger partial charge < -0.3 is 14.8 Å². The highest BCUT2D eigenvalue weighted by Gasteiger charge is 2.37. The highest BCUT2D eigenvalue weighted by atomic mass is 19.4. The predicted molar refractivity (Wildman–Crippen MR) is 78.3 cm³/mol. The van der Waals surface area contributed by atoms with Crippen LogP contribution in [0.25, 0.3) is 11.1 Å². The summed E-state index contributed by atoms with van der Waals surface area (Å²) in [6.45, 7) is 0. The van der Waals surface area contributed by atoms with Crippen molar-refractivity contribution in [2.24, 2.45) is 0 Å². The van der Waals surface area contributed by atoms with Gasteiger partial charge in [0.2, 0.25) is 0 Å². The number of alkyl halides is 6. The lowest BCUT2D eigenvalue weighted by atomic mass is 9.79. The smallest absolute Gasteiger partial charge is 0.488 e. The fourth-order valence-electron chi connectivity index (χ4n) is 2.22. The second kappa shape index (κ2) is 6.60. The number of benzene rings is 2. The number of hydrogen-bond donors (Lipinski definition) is 2. The van der Waals surface area contributed by atoms with Gasteiger partial charge in [-0.05, 0) is 35.3 Å². The highest BCUT2D eigenvalue weighted by molar-refractivity contribution is 6.58. The largest absolute Gasteiger partial charge is 0.496 e. The maximum Gasteiger partial charge on any atom is 0.488 e. The number of hydrogen-bond acceptors (Lipinski definition) is 3. The van der Waals surface area contributed by atoms with Crippen molar-refractivity contribution in [1.29, 1.82) is 0 Å². The highest BCUT2D eigenvalue weighted by Crippen LogP contribution is 2.40. The Morgan fingerprint density at radius 1 is 0.840 bits per heavy atom. The molecule has 2 aromatic rings. The molecule has 2 N–H and O–H groups in total. The van der Waals surface area contributed by atoms with E-state index in [9.17, 15) is 26.3 Å². The zero-order valence-electron chi connectivity index (χ0n) is 12.6. The van der Waals surface area contributed by atoms with Crippen molar-refractivity contribution >= 4 is 12.6 Å². The molecule has 10 heteroatoms. The molecular formula is C15H11BF6O3. The molecule has 2 aromatic carbocycles. The minimum Gasteiger partial charge on any atom is -0.496 e. The first kappa shape index (κ1) is 19.1. The Kier molecular flexibility index (Phi) is 5.05. The molecule has 0 unspecified atom stereocenters. The summed E-state index contributed by atoms with van der Waals surface area (Å²) >= 11 is 0. The first-order valence-electron chi connectivity index (χ1n) is 6.77. The van der Waals surface area contributed by atoms with Crippen molar-refractivity contribution < 1.29 is 41.1 Å². The van der Waals surface area contributed by atoms with Gasteiger partial charge in [0, 0.05) is 5.56 Å². The number of rotatable bonds is 3. The van der Waals surface area contributed by atoms with E-state index in [1.807, 2.05) is 0 Å². The average Bonchev–Trinajstić information content (AvgIpc) is 2.52. The third-order valence-electron chi connectivity index (χ3n) is 3.42. The third-order valence-corrected chi connectivity index (χ3v) is 3.42. The maximum absolute atomic E-state index is 12.9. The first-order chi connectivity index (χ1) is 11.4. The van der Waals surface area contributed by atoms with Crippen molar-refractivity contribution in [3.63, 3.8) is 0 Å². The summed E-state index contributed by atoms with van der Waals surface area (Å²) in [4.78, 5) is 0. The Balaban J connectivity index is 2.70. The number of methoxy groups -OCH3 is 1. The summed E-state index contributed by atoms with van der Waals surface area (Å²) in [7, 11) is -0.708. The van der Waals surface area contributed by atoms with E-state index in [1.165, 1.54) is 0 Å². The molecule has 0 saturated carbocycles. The lowest BCUT2D eigenvalue weighted by Gasteiger charge is -2.16. The molecule has 2 rings (SSSR count). The van der Waals surface area contributed by atoms with Crippen LogP contribution in [0.15, 0.2) is 36.4 Å². The summed E-state index contributed by atoms with van der Waals surface area (Å²) in [5.74, 6) is -0.0990. The summed E-state index contributed by atoms with van der Waals surface area (Å²) in [6, 6.07) is 4.61. The zero-order chi connectivity index (χ0) is 19.0. The summed E-state index contributed by atoms with van der Waals surface area (Å²) in [6.07, 6.45) is -9.94. The van der Waals surface area contributed by atoms with E-state index in [1.54, 1.807) is 0 Å². The van der Waals surface area contributed by atoms with Crippen LogP contribution in [0, 0.1) is 0 Å². The topological polar surface area (TPSA) is 49.7 Å². The molecule has 0 amide bonds. The Morgan fingerprint density at radius 3 is 1.76 bits per heavy atom.